The highest BCUT2D eigenvalue weighted by Crippen LogP contribution is 2.54. The minimum atomic E-state index is -0.746. The second-order valence-corrected chi connectivity index (χ2v) is 18.0. The van der Waals surface area contributed by atoms with Crippen molar-refractivity contribution in [1.82, 2.24) is 15.0 Å². The van der Waals surface area contributed by atoms with Crippen molar-refractivity contribution in [3.05, 3.63) is 235 Å². The van der Waals surface area contributed by atoms with Crippen molar-refractivity contribution >= 4 is 39.0 Å². The lowest BCUT2D eigenvalue weighted by Crippen LogP contribution is -2.31. The van der Waals surface area contributed by atoms with Gasteiger partial charge in [-0.05, 0) is 107 Å². The monoisotopic (exact) mass is 850 g/mol. The molecule has 1 atom stereocenters. The molecule has 0 saturated carbocycles. The van der Waals surface area contributed by atoms with Gasteiger partial charge in [-0.3, -0.25) is 0 Å². The van der Waals surface area contributed by atoms with Gasteiger partial charge in [-0.25, -0.2) is 15.0 Å². The number of nitrogens with zero attached hydrogens (tertiary/aromatic N) is 4. The zero-order valence-electron chi connectivity index (χ0n) is 36.4. The average Bonchev–Trinajstić information content (AvgIpc) is 4.00. The second kappa shape index (κ2) is 14.6. The maximum atomic E-state index is 6.71. The van der Waals surface area contributed by atoms with E-state index >= 15 is 0 Å². The van der Waals surface area contributed by atoms with E-state index in [2.05, 4.69) is 152 Å². The summed E-state index contributed by atoms with van der Waals surface area (Å²) in [6, 6.07) is 66.3. The highest BCUT2D eigenvalue weighted by molar-refractivity contribution is 6.06. The van der Waals surface area contributed by atoms with E-state index in [4.69, 9.17) is 24.1 Å². The Balaban J connectivity index is 0.928. The Kier molecular flexibility index (Phi) is 8.43. The first-order valence-corrected chi connectivity index (χ1v) is 22.6. The molecule has 0 fully saturated rings. The van der Waals surface area contributed by atoms with Crippen molar-refractivity contribution < 1.29 is 9.15 Å². The number of rotatable bonds is 7. The molecule has 0 bridgehead atoms. The van der Waals surface area contributed by atoms with Gasteiger partial charge < -0.3 is 14.1 Å². The van der Waals surface area contributed by atoms with Crippen molar-refractivity contribution in [2.75, 3.05) is 4.90 Å². The van der Waals surface area contributed by atoms with Gasteiger partial charge in [-0.15, -0.1) is 0 Å². The summed E-state index contributed by atoms with van der Waals surface area (Å²) in [5, 5.41) is 2.19. The number of ether oxygens (including phenoxy) is 1. The third kappa shape index (κ3) is 5.84. The van der Waals surface area contributed by atoms with Gasteiger partial charge in [0.1, 0.15) is 28.1 Å². The molecule has 6 nitrogen and oxygen atoms in total. The molecule has 0 saturated heterocycles. The molecule has 3 heterocycles. The molecule has 2 aromatic heterocycles. The van der Waals surface area contributed by atoms with E-state index in [1.54, 1.807) is 0 Å². The molecule has 3 aliphatic rings. The minimum absolute atomic E-state index is 0.145. The third-order valence-corrected chi connectivity index (χ3v) is 13.9. The summed E-state index contributed by atoms with van der Waals surface area (Å²) in [7, 11) is 0. The number of hydrogen-bond donors (Lipinski definition) is 0. The third-order valence-electron chi connectivity index (χ3n) is 13.9. The van der Waals surface area contributed by atoms with Crippen molar-refractivity contribution in [3.63, 3.8) is 0 Å². The maximum Gasteiger partial charge on any atom is 0.163 e. The lowest BCUT2D eigenvalue weighted by atomic mass is 9.73. The Morgan fingerprint density at radius 3 is 1.91 bits per heavy atom. The van der Waals surface area contributed by atoms with Crippen molar-refractivity contribution in [2.45, 2.75) is 31.1 Å². The van der Waals surface area contributed by atoms with Gasteiger partial charge in [0, 0.05) is 49.9 Å². The molecule has 0 radical (unpaired) electrons. The van der Waals surface area contributed by atoms with Crippen LogP contribution in [-0.2, 0) is 10.8 Å². The molecule has 0 spiro atoms. The molecule has 1 unspecified atom stereocenters. The summed E-state index contributed by atoms with van der Waals surface area (Å²) in [5.74, 6) is 3.54. The Bertz CT molecular complexity index is 3570. The largest absolute Gasteiger partial charge is 0.460 e. The average molecular weight is 851 g/mol. The zero-order valence-corrected chi connectivity index (χ0v) is 36.4. The summed E-state index contributed by atoms with van der Waals surface area (Å²) < 4.78 is 13.0. The van der Waals surface area contributed by atoms with E-state index in [1.165, 1.54) is 22.3 Å². The number of para-hydroxylation sites is 1. The molecular formula is C60H42N4O2. The fraction of sp³-hybridized carbons (Fsp3) is 0.0833. The van der Waals surface area contributed by atoms with E-state index in [0.717, 1.165) is 78.3 Å². The molecular weight excluding hydrogens is 809 g/mol. The zero-order chi connectivity index (χ0) is 44.0. The molecule has 1 aliphatic heterocycles. The van der Waals surface area contributed by atoms with Crippen LogP contribution in [0.4, 0.5) is 17.1 Å². The number of aromatic nitrogens is 3. The number of furan rings is 1. The number of allylic oxidation sites excluding steroid dienone is 4. The van der Waals surface area contributed by atoms with Crippen LogP contribution in [0.25, 0.3) is 67.0 Å². The van der Waals surface area contributed by atoms with Gasteiger partial charge in [-0.1, -0.05) is 153 Å². The number of anilines is 3. The molecule has 8 aromatic carbocycles. The molecule has 66 heavy (non-hydrogen) atoms. The fourth-order valence-electron chi connectivity index (χ4n) is 10.5. The molecule has 6 heteroatoms. The van der Waals surface area contributed by atoms with E-state index in [1.807, 2.05) is 72.8 Å². The summed E-state index contributed by atoms with van der Waals surface area (Å²) in [6.07, 6.45) is 6.96. The highest BCUT2D eigenvalue weighted by atomic mass is 16.5. The Hall–Kier alpha value is -8.35. The van der Waals surface area contributed by atoms with Crippen LogP contribution in [0.3, 0.4) is 0 Å². The molecule has 0 amide bonds. The van der Waals surface area contributed by atoms with Crippen LogP contribution in [0.2, 0.25) is 0 Å². The van der Waals surface area contributed by atoms with Crippen LogP contribution in [0, 0.1) is 0 Å². The molecule has 314 valence electrons. The number of benzene rings is 8. The van der Waals surface area contributed by atoms with Gasteiger partial charge in [0.25, 0.3) is 0 Å². The first-order valence-electron chi connectivity index (χ1n) is 22.6. The Labute approximate surface area is 382 Å². The lowest BCUT2D eigenvalue weighted by Gasteiger charge is -2.29. The first-order chi connectivity index (χ1) is 32.4. The van der Waals surface area contributed by atoms with Crippen LogP contribution in [0.5, 0.6) is 5.75 Å². The van der Waals surface area contributed by atoms with Gasteiger partial charge >= 0.3 is 0 Å². The van der Waals surface area contributed by atoms with E-state index < -0.39 is 5.41 Å². The maximum absolute atomic E-state index is 6.71. The highest BCUT2D eigenvalue weighted by Gasteiger charge is 2.50. The van der Waals surface area contributed by atoms with Gasteiger partial charge in [0.2, 0.25) is 0 Å². The summed E-state index contributed by atoms with van der Waals surface area (Å²) in [4.78, 5) is 17.9. The minimum Gasteiger partial charge on any atom is -0.460 e. The number of hydrogen-bond acceptors (Lipinski definition) is 6. The van der Waals surface area contributed by atoms with Crippen molar-refractivity contribution in [1.29, 1.82) is 0 Å². The van der Waals surface area contributed by atoms with Gasteiger partial charge in [0.05, 0.1) is 0 Å². The van der Waals surface area contributed by atoms with Crippen LogP contribution in [-0.4, -0.2) is 15.0 Å². The van der Waals surface area contributed by atoms with Crippen LogP contribution < -0.4 is 9.64 Å². The predicted octanol–water partition coefficient (Wildman–Crippen LogP) is 15.1. The first kappa shape index (κ1) is 38.1. The van der Waals surface area contributed by atoms with Gasteiger partial charge in [-0.2, -0.15) is 0 Å². The molecule has 0 N–H and O–H groups in total. The van der Waals surface area contributed by atoms with Crippen LogP contribution in [0.1, 0.15) is 42.8 Å². The lowest BCUT2D eigenvalue weighted by molar-refractivity contribution is 0.382. The molecule has 10 aromatic rings. The van der Waals surface area contributed by atoms with E-state index in [9.17, 15) is 0 Å². The van der Waals surface area contributed by atoms with Crippen LogP contribution >= 0.6 is 0 Å². The topological polar surface area (TPSA) is 64.3 Å². The number of fused-ring (bicyclic) bond motifs is 9. The van der Waals surface area contributed by atoms with Crippen molar-refractivity contribution in [2.24, 2.45) is 0 Å². The Morgan fingerprint density at radius 2 is 1.12 bits per heavy atom. The van der Waals surface area contributed by atoms with Crippen LogP contribution in [0.15, 0.2) is 216 Å². The standard InChI is InChI=1S/C60H42N4O2/c1-59(2)49-21-11-9-19-45(49)46-31-29-44(37-50(46)59)64(43-30-33-53-48(36-43)47-20-10-12-22-52(47)65-53)42-27-24-38(25-28-42)41-26-32-54-51(35-41)60(34-14-13-23-55(60)66-54)58-62-56(39-15-5-3-6-16-39)61-57(63-58)40-17-7-4-8-18-40/h3-33,35-37H,34H2,1-2H3. The van der Waals surface area contributed by atoms with E-state index in [0.29, 0.717) is 23.9 Å². The Morgan fingerprint density at radius 1 is 0.485 bits per heavy atom. The fourth-order valence-corrected chi connectivity index (χ4v) is 10.5. The van der Waals surface area contributed by atoms with Crippen molar-refractivity contribution in [3.8, 4) is 50.8 Å². The summed E-state index contributed by atoms with van der Waals surface area (Å²) >= 11 is 0. The smallest absolute Gasteiger partial charge is 0.163 e. The van der Waals surface area contributed by atoms with E-state index in [-0.39, 0.29) is 5.41 Å². The van der Waals surface area contributed by atoms with Gasteiger partial charge in [0.15, 0.2) is 17.5 Å². The second-order valence-electron chi connectivity index (χ2n) is 18.0. The normalized spacial score (nSPS) is 16.3. The summed E-state index contributed by atoms with van der Waals surface area (Å²) in [5.41, 5.74) is 14.4. The molecule has 13 rings (SSSR count). The quantitative estimate of drug-likeness (QED) is 0.159. The predicted molar refractivity (Wildman–Crippen MR) is 265 cm³/mol. The SMILES string of the molecule is CC1(C)c2ccccc2-c2ccc(N(c3ccc(-c4ccc5c(c4)C4(c6nc(-c7ccccc7)nc(-c7ccccc7)n6)CC=CC=C4O5)cc3)c3ccc4oc5ccccc5c4c3)cc21. The molecule has 2 aliphatic carbocycles. The summed E-state index contributed by atoms with van der Waals surface area (Å²) in [6.45, 7) is 4.67.